The van der Waals surface area contributed by atoms with Gasteiger partial charge in [0.15, 0.2) is 5.76 Å². The Labute approximate surface area is 191 Å². The van der Waals surface area contributed by atoms with Crippen molar-refractivity contribution in [1.29, 1.82) is 0 Å². The molecule has 7 heteroatoms. The Kier molecular flexibility index (Phi) is 8.25. The molecule has 174 valence electrons. The van der Waals surface area contributed by atoms with Crippen LogP contribution in [-0.2, 0) is 26.2 Å². The molecule has 0 aliphatic rings. The number of hydrogen-bond donors (Lipinski definition) is 0. The number of aliphatic imine (C=N–C) groups is 1. The summed E-state index contributed by atoms with van der Waals surface area (Å²) in [5.41, 5.74) is 5.68. The van der Waals surface area contributed by atoms with Crippen LogP contribution in [0.15, 0.2) is 29.3 Å². The van der Waals surface area contributed by atoms with Gasteiger partial charge in [-0.3, -0.25) is 9.67 Å². The first kappa shape index (κ1) is 25.2. The Morgan fingerprint density at radius 2 is 1.84 bits per heavy atom. The molecule has 0 aliphatic heterocycles. The van der Waals surface area contributed by atoms with Crippen LogP contribution in [-0.4, -0.2) is 42.6 Å². The van der Waals surface area contributed by atoms with Crippen molar-refractivity contribution in [1.82, 2.24) is 9.78 Å². The zero-order chi connectivity index (χ0) is 24.1. The summed E-state index contributed by atoms with van der Waals surface area (Å²) in [6.07, 6.45) is 0.0994. The first-order valence-corrected chi connectivity index (χ1v) is 10.8. The highest BCUT2D eigenvalue weighted by molar-refractivity contribution is 5.94. The van der Waals surface area contributed by atoms with Gasteiger partial charge in [-0.15, -0.1) is 0 Å². The lowest BCUT2D eigenvalue weighted by Gasteiger charge is -2.22. The molecular formula is C25H35N3O4. The van der Waals surface area contributed by atoms with E-state index in [0.29, 0.717) is 12.3 Å². The molecule has 1 atom stereocenters. The second kappa shape index (κ2) is 10.5. The largest absolute Gasteiger partial charge is 0.511 e. The third-order valence-electron chi connectivity index (χ3n) is 5.18. The Balaban J connectivity index is 2.68. The number of benzene rings is 1. The average Bonchev–Trinajstić information content (AvgIpc) is 3.06. The third-order valence-corrected chi connectivity index (χ3v) is 5.18. The minimum Gasteiger partial charge on any atom is -0.452 e. The van der Waals surface area contributed by atoms with Crippen molar-refractivity contribution >= 4 is 23.7 Å². The number of aryl methyl sites for hydroxylation is 2. The molecule has 1 aromatic heterocycles. The third kappa shape index (κ3) is 5.78. The maximum Gasteiger partial charge on any atom is 0.511 e. The Morgan fingerprint density at radius 1 is 1.22 bits per heavy atom. The second-order valence-corrected chi connectivity index (χ2v) is 8.59. The van der Waals surface area contributed by atoms with Crippen LogP contribution in [0.5, 0.6) is 0 Å². The number of hydrogen-bond acceptors (Lipinski definition) is 6. The van der Waals surface area contributed by atoms with E-state index in [0.717, 1.165) is 28.1 Å². The highest BCUT2D eigenvalue weighted by Gasteiger charge is 2.24. The highest BCUT2D eigenvalue weighted by Crippen LogP contribution is 2.33. The number of carbonyl (C=O) groups is 1. The predicted octanol–water partition coefficient (Wildman–Crippen LogP) is 5.59. The first-order chi connectivity index (χ1) is 15.0. The van der Waals surface area contributed by atoms with Gasteiger partial charge in [0.2, 0.25) is 6.29 Å². The molecule has 2 rings (SSSR count). The highest BCUT2D eigenvalue weighted by atomic mass is 16.8. The van der Waals surface area contributed by atoms with E-state index in [1.54, 1.807) is 20.2 Å². The number of carbonyl (C=O) groups excluding carboxylic acids is 1. The van der Waals surface area contributed by atoms with Crippen molar-refractivity contribution in [2.75, 3.05) is 14.2 Å². The molecule has 0 saturated carbocycles. The van der Waals surface area contributed by atoms with E-state index >= 15 is 0 Å². The zero-order valence-electron chi connectivity index (χ0n) is 20.6. The van der Waals surface area contributed by atoms with Crippen LogP contribution >= 0.6 is 0 Å². The van der Waals surface area contributed by atoms with Crippen LogP contribution in [0.3, 0.4) is 0 Å². The quantitative estimate of drug-likeness (QED) is 0.242. The van der Waals surface area contributed by atoms with Gasteiger partial charge in [0, 0.05) is 37.9 Å². The summed E-state index contributed by atoms with van der Waals surface area (Å²) in [4.78, 5) is 15.8. The maximum absolute atomic E-state index is 11.6. The summed E-state index contributed by atoms with van der Waals surface area (Å²) < 4.78 is 17.9. The average molecular weight is 442 g/mol. The van der Waals surface area contributed by atoms with Crippen molar-refractivity contribution in [3.8, 4) is 0 Å². The molecule has 0 fully saturated rings. The van der Waals surface area contributed by atoms with Gasteiger partial charge in [0.05, 0.1) is 12.8 Å². The fraction of sp³-hybridized carbons (Fsp3) is 0.480. The number of aromatic nitrogens is 2. The van der Waals surface area contributed by atoms with E-state index < -0.39 is 12.4 Å². The van der Waals surface area contributed by atoms with E-state index in [9.17, 15) is 4.79 Å². The van der Waals surface area contributed by atoms with Gasteiger partial charge >= 0.3 is 6.16 Å². The molecule has 1 heterocycles. The fourth-order valence-corrected chi connectivity index (χ4v) is 3.39. The number of rotatable bonds is 7. The van der Waals surface area contributed by atoms with Crippen molar-refractivity contribution in [3.63, 3.8) is 0 Å². The SMILES string of the molecule is CCn1nc(C)c(C=NC)c1/C(OC(C)OC(=O)OC)=C(\C)c1ccc(C(C)(C)C)cc1. The second-order valence-electron chi connectivity index (χ2n) is 8.59. The molecule has 0 amide bonds. The van der Waals surface area contributed by atoms with Crippen LogP contribution in [0.4, 0.5) is 4.79 Å². The molecule has 1 aromatic carbocycles. The van der Waals surface area contributed by atoms with Crippen LogP contribution in [0.25, 0.3) is 11.3 Å². The van der Waals surface area contributed by atoms with Gasteiger partial charge in [0.1, 0.15) is 5.69 Å². The standard InChI is InChI=1S/C25H35N3O4/c1-10-28-22(21(15-26-8)17(3)27-28)23(31-18(4)32-24(29)30-9)16(2)19-11-13-20(14-12-19)25(5,6)7/h11-15,18H,10H2,1-9H3/b23-16-,26-15?. The molecule has 0 radical (unpaired) electrons. The fourth-order valence-electron chi connectivity index (χ4n) is 3.39. The summed E-state index contributed by atoms with van der Waals surface area (Å²) in [7, 11) is 2.98. The lowest BCUT2D eigenvalue weighted by Crippen LogP contribution is -2.19. The maximum atomic E-state index is 11.6. The molecule has 2 aromatic rings. The van der Waals surface area contributed by atoms with Gasteiger partial charge in [-0.2, -0.15) is 5.10 Å². The molecule has 32 heavy (non-hydrogen) atoms. The topological polar surface area (TPSA) is 74.9 Å². The van der Waals surface area contributed by atoms with Crippen molar-refractivity contribution < 1.29 is 19.0 Å². The Bertz CT molecular complexity index is 995. The molecule has 0 bridgehead atoms. The van der Waals surface area contributed by atoms with Crippen LogP contribution < -0.4 is 0 Å². The molecule has 0 spiro atoms. The van der Waals surface area contributed by atoms with E-state index in [4.69, 9.17) is 9.47 Å². The molecule has 7 nitrogen and oxygen atoms in total. The molecule has 0 aliphatic carbocycles. The van der Waals surface area contributed by atoms with Crippen LogP contribution in [0.2, 0.25) is 0 Å². The van der Waals surface area contributed by atoms with Gasteiger partial charge in [-0.25, -0.2) is 4.79 Å². The van der Waals surface area contributed by atoms with Crippen LogP contribution in [0.1, 0.15) is 69.6 Å². The summed E-state index contributed by atoms with van der Waals surface area (Å²) in [6, 6.07) is 8.42. The number of ether oxygens (including phenoxy) is 3. The van der Waals surface area contributed by atoms with E-state index in [2.05, 4.69) is 59.9 Å². The summed E-state index contributed by atoms with van der Waals surface area (Å²) in [5, 5.41) is 4.65. The summed E-state index contributed by atoms with van der Waals surface area (Å²) in [5.74, 6) is 0.572. The van der Waals surface area contributed by atoms with Crippen molar-refractivity contribution in [2.45, 2.75) is 66.7 Å². The molecule has 1 unspecified atom stereocenters. The normalized spacial score (nSPS) is 13.7. The Morgan fingerprint density at radius 3 is 2.34 bits per heavy atom. The monoisotopic (exact) mass is 441 g/mol. The number of nitrogens with zero attached hydrogens (tertiary/aromatic N) is 3. The van der Waals surface area contributed by atoms with Gasteiger partial charge < -0.3 is 14.2 Å². The minimum absolute atomic E-state index is 0.0566. The van der Waals surface area contributed by atoms with Gasteiger partial charge in [0.25, 0.3) is 0 Å². The van der Waals surface area contributed by atoms with Crippen molar-refractivity contribution in [2.24, 2.45) is 4.99 Å². The minimum atomic E-state index is -0.867. The van der Waals surface area contributed by atoms with Gasteiger partial charge in [-0.05, 0) is 37.3 Å². The lowest BCUT2D eigenvalue weighted by molar-refractivity contribution is -0.0620. The van der Waals surface area contributed by atoms with E-state index in [1.807, 2.05) is 25.5 Å². The van der Waals surface area contributed by atoms with Crippen molar-refractivity contribution in [3.05, 3.63) is 52.3 Å². The first-order valence-electron chi connectivity index (χ1n) is 10.8. The molecule has 0 N–H and O–H groups in total. The molecular weight excluding hydrogens is 406 g/mol. The Hall–Kier alpha value is -3.09. The number of allylic oxidation sites excluding steroid dienone is 1. The lowest BCUT2D eigenvalue weighted by atomic mass is 9.86. The number of methoxy groups -OCH3 is 1. The van der Waals surface area contributed by atoms with E-state index in [1.165, 1.54) is 12.7 Å². The van der Waals surface area contributed by atoms with Crippen LogP contribution in [0, 0.1) is 6.92 Å². The van der Waals surface area contributed by atoms with E-state index in [-0.39, 0.29) is 5.41 Å². The summed E-state index contributed by atoms with van der Waals surface area (Å²) >= 11 is 0. The summed E-state index contributed by atoms with van der Waals surface area (Å²) in [6.45, 7) is 14.8. The smallest absolute Gasteiger partial charge is 0.452 e. The zero-order valence-corrected chi connectivity index (χ0v) is 20.6. The predicted molar refractivity (Wildman–Crippen MR) is 128 cm³/mol. The van der Waals surface area contributed by atoms with Gasteiger partial charge in [-0.1, -0.05) is 45.0 Å². The molecule has 0 saturated heterocycles.